The third-order valence-electron chi connectivity index (χ3n) is 3.08. The fraction of sp³-hybridized carbons (Fsp3) is 0.529. The van der Waals surface area contributed by atoms with Gasteiger partial charge in [-0.15, -0.1) is 0 Å². The summed E-state index contributed by atoms with van der Waals surface area (Å²) in [5, 5.41) is 14.9. The van der Waals surface area contributed by atoms with Gasteiger partial charge in [0, 0.05) is 12.6 Å². The molecule has 122 valence electrons. The number of carbonyl (C=O) groups is 2. The summed E-state index contributed by atoms with van der Waals surface area (Å²) in [6.45, 7) is 7.60. The van der Waals surface area contributed by atoms with E-state index in [-0.39, 0.29) is 36.3 Å². The molecule has 0 radical (unpaired) electrons. The van der Waals surface area contributed by atoms with Crippen molar-refractivity contribution in [1.82, 2.24) is 5.32 Å². The van der Waals surface area contributed by atoms with Gasteiger partial charge in [-0.3, -0.25) is 9.59 Å². The van der Waals surface area contributed by atoms with Crippen molar-refractivity contribution in [3.05, 3.63) is 29.8 Å². The smallest absolute Gasteiger partial charge is 0.224 e. The molecule has 1 unspecified atom stereocenters. The zero-order valence-electron chi connectivity index (χ0n) is 13.8. The Bertz CT molecular complexity index is 504. The van der Waals surface area contributed by atoms with Crippen molar-refractivity contribution < 1.29 is 14.7 Å². The van der Waals surface area contributed by atoms with E-state index in [1.165, 1.54) is 6.92 Å². The highest BCUT2D eigenvalue weighted by Crippen LogP contribution is 2.20. The van der Waals surface area contributed by atoms with Gasteiger partial charge in [0.15, 0.2) is 0 Å². The van der Waals surface area contributed by atoms with Crippen LogP contribution in [0.3, 0.4) is 0 Å². The molecule has 0 aliphatic carbocycles. The summed E-state index contributed by atoms with van der Waals surface area (Å²) in [6, 6.07) is 6.92. The first-order valence-electron chi connectivity index (χ1n) is 7.46. The Kier molecular flexibility index (Phi) is 6.56. The Morgan fingerprint density at radius 2 is 1.77 bits per heavy atom. The van der Waals surface area contributed by atoms with Crippen molar-refractivity contribution in [2.45, 2.75) is 46.6 Å². The molecule has 0 bridgehead atoms. The predicted octanol–water partition coefficient (Wildman–Crippen LogP) is 2.10. The molecule has 0 heterocycles. The molecule has 2 amide bonds. The number of aliphatic hydroxyl groups is 1. The Morgan fingerprint density at radius 3 is 2.23 bits per heavy atom. The topological polar surface area (TPSA) is 78.4 Å². The van der Waals surface area contributed by atoms with E-state index in [1.807, 2.05) is 12.1 Å². The normalized spacial score (nSPS) is 12.6. The minimum absolute atomic E-state index is 0.0423. The third-order valence-corrected chi connectivity index (χ3v) is 3.08. The molecule has 5 nitrogen and oxygen atoms in total. The zero-order chi connectivity index (χ0) is 16.8. The van der Waals surface area contributed by atoms with Crippen LogP contribution in [0.15, 0.2) is 24.3 Å². The number of hydrogen-bond acceptors (Lipinski definition) is 3. The van der Waals surface area contributed by atoms with Gasteiger partial charge in [0.1, 0.15) is 0 Å². The van der Waals surface area contributed by atoms with Crippen LogP contribution in [0.1, 0.15) is 39.7 Å². The van der Waals surface area contributed by atoms with E-state index in [1.54, 1.807) is 12.1 Å². The summed E-state index contributed by atoms with van der Waals surface area (Å²) in [7, 11) is 0. The van der Waals surface area contributed by atoms with Crippen LogP contribution in [0.25, 0.3) is 0 Å². The van der Waals surface area contributed by atoms with Crippen LogP contribution >= 0.6 is 0 Å². The molecule has 0 aliphatic rings. The first-order chi connectivity index (χ1) is 10.2. The quantitative estimate of drug-likeness (QED) is 0.753. The van der Waals surface area contributed by atoms with E-state index >= 15 is 0 Å². The minimum Gasteiger partial charge on any atom is -0.394 e. The Labute approximate surface area is 132 Å². The molecule has 22 heavy (non-hydrogen) atoms. The van der Waals surface area contributed by atoms with E-state index in [0.29, 0.717) is 5.69 Å². The summed E-state index contributed by atoms with van der Waals surface area (Å²) in [6.07, 6.45) is 0.970. The second-order valence-corrected chi connectivity index (χ2v) is 6.77. The highest BCUT2D eigenvalue weighted by atomic mass is 16.3. The summed E-state index contributed by atoms with van der Waals surface area (Å²) in [5.41, 5.74) is 1.61. The molecule has 0 aromatic heterocycles. The van der Waals surface area contributed by atoms with Crippen LogP contribution in [-0.4, -0.2) is 29.6 Å². The van der Waals surface area contributed by atoms with Crippen LogP contribution in [0.5, 0.6) is 0 Å². The average molecular weight is 306 g/mol. The van der Waals surface area contributed by atoms with Crippen molar-refractivity contribution in [2.75, 3.05) is 11.9 Å². The lowest BCUT2D eigenvalue weighted by Gasteiger charge is -2.25. The van der Waals surface area contributed by atoms with Crippen molar-refractivity contribution in [3.8, 4) is 0 Å². The molecule has 0 fully saturated rings. The van der Waals surface area contributed by atoms with Gasteiger partial charge >= 0.3 is 0 Å². The van der Waals surface area contributed by atoms with Gasteiger partial charge in [-0.25, -0.2) is 0 Å². The number of benzene rings is 1. The van der Waals surface area contributed by atoms with Gasteiger partial charge in [-0.1, -0.05) is 32.9 Å². The van der Waals surface area contributed by atoms with E-state index in [2.05, 4.69) is 31.4 Å². The molecule has 1 aromatic carbocycles. The minimum atomic E-state index is -0.230. The lowest BCUT2D eigenvalue weighted by atomic mass is 9.88. The maximum absolute atomic E-state index is 12.0. The molecule has 0 aliphatic heterocycles. The number of carbonyl (C=O) groups excluding carboxylic acids is 2. The van der Waals surface area contributed by atoms with E-state index in [0.717, 1.165) is 12.0 Å². The van der Waals surface area contributed by atoms with Gasteiger partial charge in [0.25, 0.3) is 0 Å². The van der Waals surface area contributed by atoms with Crippen LogP contribution < -0.4 is 10.6 Å². The first-order valence-corrected chi connectivity index (χ1v) is 7.46. The maximum Gasteiger partial charge on any atom is 0.224 e. The molecule has 0 spiro atoms. The number of nitrogens with one attached hydrogen (secondary N) is 2. The molecule has 5 heteroatoms. The van der Waals surface area contributed by atoms with Crippen molar-refractivity contribution >= 4 is 17.5 Å². The number of rotatable bonds is 6. The largest absolute Gasteiger partial charge is 0.394 e. The molecule has 3 N–H and O–H groups in total. The summed E-state index contributed by atoms with van der Waals surface area (Å²) in [4.78, 5) is 23.0. The van der Waals surface area contributed by atoms with E-state index in [9.17, 15) is 14.7 Å². The molecular formula is C17H26N2O3. The highest BCUT2D eigenvalue weighted by molar-refractivity contribution is 5.88. The lowest BCUT2D eigenvalue weighted by molar-refractivity contribution is -0.121. The second-order valence-electron chi connectivity index (χ2n) is 6.77. The number of hydrogen-bond donors (Lipinski definition) is 3. The van der Waals surface area contributed by atoms with Crippen LogP contribution in [0.2, 0.25) is 0 Å². The standard InChI is InChI=1S/C17H26N2O3/c1-12(21)18-14-7-5-13(6-8-14)9-16(22)19-15(11-20)10-17(2,3)4/h5-8,15,20H,9-11H2,1-4H3,(H,18,21)(H,19,22). The summed E-state index contributed by atoms with van der Waals surface area (Å²) >= 11 is 0. The molecule has 0 saturated carbocycles. The van der Waals surface area contributed by atoms with Crippen molar-refractivity contribution in [2.24, 2.45) is 5.41 Å². The molecule has 1 atom stereocenters. The zero-order valence-corrected chi connectivity index (χ0v) is 13.8. The molecular weight excluding hydrogens is 280 g/mol. The molecule has 1 rings (SSSR count). The Morgan fingerprint density at radius 1 is 1.18 bits per heavy atom. The fourth-order valence-electron chi connectivity index (χ4n) is 2.27. The SMILES string of the molecule is CC(=O)Nc1ccc(CC(=O)NC(CO)CC(C)(C)C)cc1. The third kappa shape index (κ3) is 7.22. The monoisotopic (exact) mass is 306 g/mol. The van der Waals surface area contributed by atoms with Gasteiger partial charge in [0.2, 0.25) is 11.8 Å². The van der Waals surface area contributed by atoms with E-state index < -0.39 is 0 Å². The Hall–Kier alpha value is -1.88. The average Bonchev–Trinajstić information content (AvgIpc) is 2.38. The van der Waals surface area contributed by atoms with Gasteiger partial charge < -0.3 is 15.7 Å². The van der Waals surface area contributed by atoms with Gasteiger partial charge in [0.05, 0.1) is 19.1 Å². The van der Waals surface area contributed by atoms with Gasteiger partial charge in [-0.05, 0) is 29.5 Å². The number of amides is 2. The maximum atomic E-state index is 12.0. The first kappa shape index (κ1) is 18.2. The highest BCUT2D eigenvalue weighted by Gasteiger charge is 2.19. The Balaban J connectivity index is 2.55. The van der Waals surface area contributed by atoms with Gasteiger partial charge in [-0.2, -0.15) is 0 Å². The van der Waals surface area contributed by atoms with Crippen LogP contribution in [0, 0.1) is 5.41 Å². The second kappa shape index (κ2) is 7.94. The van der Waals surface area contributed by atoms with Crippen LogP contribution in [-0.2, 0) is 16.0 Å². The number of aliphatic hydroxyl groups excluding tert-OH is 1. The fourth-order valence-corrected chi connectivity index (χ4v) is 2.27. The van der Waals surface area contributed by atoms with Crippen molar-refractivity contribution in [3.63, 3.8) is 0 Å². The predicted molar refractivity (Wildman–Crippen MR) is 87.5 cm³/mol. The van der Waals surface area contributed by atoms with Crippen LogP contribution in [0.4, 0.5) is 5.69 Å². The number of anilines is 1. The summed E-state index contributed by atoms with van der Waals surface area (Å²) in [5.74, 6) is -0.242. The van der Waals surface area contributed by atoms with E-state index in [4.69, 9.17) is 0 Å². The summed E-state index contributed by atoms with van der Waals surface area (Å²) < 4.78 is 0. The van der Waals surface area contributed by atoms with Crippen molar-refractivity contribution in [1.29, 1.82) is 0 Å². The lowest BCUT2D eigenvalue weighted by Crippen LogP contribution is -2.40. The molecule has 1 aromatic rings. The molecule has 0 saturated heterocycles.